The van der Waals surface area contributed by atoms with Crippen molar-refractivity contribution in [3.8, 4) is 11.5 Å². The van der Waals surface area contributed by atoms with Gasteiger partial charge in [0.05, 0.1) is 23.9 Å². The highest BCUT2D eigenvalue weighted by molar-refractivity contribution is 8.00. The number of carbonyl (C=O) groups excluding carboxylic acids is 2. The van der Waals surface area contributed by atoms with Gasteiger partial charge in [-0.25, -0.2) is 9.37 Å². The lowest BCUT2D eigenvalue weighted by molar-refractivity contribution is -0.132. The van der Waals surface area contributed by atoms with Gasteiger partial charge in [-0.05, 0) is 67.8 Å². The molecule has 1 aliphatic rings. The molecule has 1 fully saturated rings. The van der Waals surface area contributed by atoms with Crippen LogP contribution in [-0.4, -0.2) is 49.6 Å². The second-order valence-electron chi connectivity index (χ2n) is 10.6. The normalized spacial score (nSPS) is 15.8. The predicted octanol–water partition coefficient (Wildman–Crippen LogP) is 6.82. The Bertz CT molecular complexity index is 2040. The van der Waals surface area contributed by atoms with Gasteiger partial charge in [-0.2, -0.15) is 0 Å². The number of hydrogen-bond acceptors (Lipinski definition) is 10. The molecule has 1 amide bonds. The number of aromatic nitrogens is 4. The molecule has 1 atom stereocenters. The van der Waals surface area contributed by atoms with E-state index in [9.17, 15) is 19.1 Å². The maximum Gasteiger partial charge on any atom is 0.301 e. The van der Waals surface area contributed by atoms with Crippen molar-refractivity contribution in [3.05, 3.63) is 113 Å². The second kappa shape index (κ2) is 13.4. The molecule has 10 nitrogen and oxygen atoms in total. The van der Waals surface area contributed by atoms with Gasteiger partial charge in [0.25, 0.3) is 5.78 Å². The van der Waals surface area contributed by atoms with Gasteiger partial charge in [0.15, 0.2) is 21.6 Å². The smallest absolute Gasteiger partial charge is 0.301 e. The lowest BCUT2D eigenvalue weighted by Crippen LogP contribution is -2.29. The predicted molar refractivity (Wildman–Crippen MR) is 179 cm³/mol. The summed E-state index contributed by atoms with van der Waals surface area (Å²) in [5.74, 6) is -1.15. The molecule has 1 aliphatic heterocycles. The van der Waals surface area contributed by atoms with Crippen LogP contribution in [-0.2, 0) is 15.3 Å². The Morgan fingerprint density at radius 3 is 2.62 bits per heavy atom. The number of Topliss-reactive ketones (excluding diaryl/α,β-unsaturated/α-hetero) is 1. The summed E-state index contributed by atoms with van der Waals surface area (Å²) in [6, 6.07) is 13.9. The molecule has 0 spiro atoms. The van der Waals surface area contributed by atoms with E-state index in [4.69, 9.17) is 9.47 Å². The minimum atomic E-state index is -1.09. The molecule has 4 heterocycles. The summed E-state index contributed by atoms with van der Waals surface area (Å²) in [6.45, 7) is 9.79. The number of pyridine rings is 1. The first-order chi connectivity index (χ1) is 22.7. The topological polar surface area (TPSA) is 119 Å². The third-order valence-electron chi connectivity index (χ3n) is 7.57. The molecule has 0 saturated carbocycles. The van der Waals surface area contributed by atoms with Gasteiger partial charge in [-0.15, -0.1) is 10.2 Å². The van der Waals surface area contributed by atoms with E-state index < -0.39 is 23.5 Å². The zero-order valence-corrected chi connectivity index (χ0v) is 27.4. The highest BCUT2D eigenvalue weighted by Crippen LogP contribution is 2.46. The number of fused-ring (bicyclic) bond motifs is 1. The van der Waals surface area contributed by atoms with E-state index in [2.05, 4.69) is 21.8 Å². The number of ketones is 1. The fourth-order valence-corrected chi connectivity index (χ4v) is 7.16. The molecule has 0 bridgehead atoms. The van der Waals surface area contributed by atoms with Crippen LogP contribution < -0.4 is 14.4 Å². The third kappa shape index (κ3) is 6.11. The first-order valence-electron chi connectivity index (χ1n) is 14.7. The Morgan fingerprint density at radius 2 is 1.89 bits per heavy atom. The molecule has 1 unspecified atom stereocenters. The number of aliphatic hydroxyl groups is 1. The van der Waals surface area contributed by atoms with E-state index in [-0.39, 0.29) is 28.8 Å². The standard InChI is InChI=1S/C34H30FN5O5S2/c1-5-16-45-24-14-11-22(17-25(24)44-6-2)28-26(29(41)27-20(4)39-15-7-8-19(3)31(39)36-27)30(42)32(43)40(28)33-37-38-34(47-33)46-18-21-9-12-23(35)13-10-21/h5,7-15,17,28,41H,1,6,16,18H2,2-4H3/b29-26+. The number of amides is 1. The summed E-state index contributed by atoms with van der Waals surface area (Å²) in [4.78, 5) is 33.6. The van der Waals surface area contributed by atoms with Crippen molar-refractivity contribution in [3.63, 3.8) is 0 Å². The number of rotatable bonds is 11. The second-order valence-corrected chi connectivity index (χ2v) is 12.8. The maximum atomic E-state index is 13.9. The Morgan fingerprint density at radius 1 is 1.11 bits per heavy atom. The van der Waals surface area contributed by atoms with Gasteiger partial charge in [0.2, 0.25) is 5.13 Å². The minimum absolute atomic E-state index is 0.142. The average Bonchev–Trinajstić information content (AvgIpc) is 3.75. The van der Waals surface area contributed by atoms with Gasteiger partial charge >= 0.3 is 5.91 Å². The van der Waals surface area contributed by atoms with Crippen LogP contribution in [0, 0.1) is 19.7 Å². The summed E-state index contributed by atoms with van der Waals surface area (Å²) in [6.07, 6.45) is 3.43. The van der Waals surface area contributed by atoms with Crippen LogP contribution in [0.2, 0.25) is 0 Å². The highest BCUT2D eigenvalue weighted by Gasteiger charge is 2.49. The zero-order valence-electron chi connectivity index (χ0n) is 25.8. The van der Waals surface area contributed by atoms with Crippen molar-refractivity contribution < 1.29 is 28.6 Å². The minimum Gasteiger partial charge on any atom is -0.505 e. The highest BCUT2D eigenvalue weighted by atomic mass is 32.2. The van der Waals surface area contributed by atoms with Crippen molar-refractivity contribution in [2.24, 2.45) is 0 Å². The van der Waals surface area contributed by atoms with Crippen LogP contribution in [0.5, 0.6) is 11.5 Å². The molecule has 240 valence electrons. The fourth-order valence-electron chi connectivity index (χ4n) is 5.33. The monoisotopic (exact) mass is 671 g/mol. The fraction of sp³-hybridized carbons (Fsp3) is 0.206. The van der Waals surface area contributed by atoms with Gasteiger partial charge in [-0.1, -0.05) is 60.0 Å². The number of aliphatic hydroxyl groups excluding tert-OH is 1. The molecule has 6 rings (SSSR count). The Balaban J connectivity index is 1.47. The average molecular weight is 672 g/mol. The Kier molecular flexibility index (Phi) is 9.10. The van der Waals surface area contributed by atoms with Crippen molar-refractivity contribution in [2.45, 2.75) is 36.9 Å². The first-order valence-corrected chi connectivity index (χ1v) is 16.5. The molecule has 3 aromatic heterocycles. The largest absolute Gasteiger partial charge is 0.505 e. The van der Waals surface area contributed by atoms with Crippen molar-refractivity contribution >= 4 is 51.3 Å². The number of nitrogens with zero attached hydrogens (tertiary/aromatic N) is 5. The molecule has 2 aromatic carbocycles. The number of carbonyl (C=O) groups is 2. The molecule has 0 aliphatic carbocycles. The number of thioether (sulfide) groups is 1. The van der Waals surface area contributed by atoms with E-state index in [0.717, 1.165) is 22.5 Å². The lowest BCUT2D eigenvalue weighted by atomic mass is 9.96. The quantitative estimate of drug-likeness (QED) is 0.0403. The summed E-state index contributed by atoms with van der Waals surface area (Å²) in [5, 5.41) is 20.5. The number of benzene rings is 2. The van der Waals surface area contributed by atoms with Gasteiger partial charge in [-0.3, -0.25) is 14.5 Å². The Hall–Kier alpha value is -5.01. The van der Waals surface area contributed by atoms with Crippen LogP contribution in [0.1, 0.15) is 41.0 Å². The van der Waals surface area contributed by atoms with Gasteiger partial charge in [0, 0.05) is 11.9 Å². The van der Waals surface area contributed by atoms with E-state index in [1.165, 1.54) is 28.8 Å². The van der Waals surface area contributed by atoms with Crippen LogP contribution in [0.3, 0.4) is 0 Å². The van der Waals surface area contributed by atoms with Crippen LogP contribution in [0.25, 0.3) is 11.4 Å². The Labute approximate surface area is 278 Å². The molecule has 5 aromatic rings. The number of anilines is 1. The number of ether oxygens (including phenoxy) is 2. The number of aryl methyl sites for hydroxylation is 2. The molecule has 1 N–H and O–H groups in total. The van der Waals surface area contributed by atoms with E-state index in [1.54, 1.807) is 43.3 Å². The van der Waals surface area contributed by atoms with Gasteiger partial charge in [0.1, 0.15) is 23.8 Å². The van der Waals surface area contributed by atoms with E-state index in [0.29, 0.717) is 45.1 Å². The van der Waals surface area contributed by atoms with E-state index in [1.807, 2.05) is 36.6 Å². The van der Waals surface area contributed by atoms with E-state index >= 15 is 0 Å². The number of halogens is 1. The zero-order chi connectivity index (χ0) is 33.2. The molecule has 47 heavy (non-hydrogen) atoms. The van der Waals surface area contributed by atoms with Crippen molar-refractivity contribution in [1.82, 2.24) is 19.6 Å². The summed E-state index contributed by atoms with van der Waals surface area (Å²) in [7, 11) is 0. The van der Waals surface area contributed by atoms with Crippen LogP contribution >= 0.6 is 23.1 Å². The molecular weight excluding hydrogens is 642 g/mol. The summed E-state index contributed by atoms with van der Waals surface area (Å²) >= 11 is 2.50. The lowest BCUT2D eigenvalue weighted by Gasteiger charge is -2.23. The molecule has 1 saturated heterocycles. The number of imidazole rings is 1. The third-order valence-corrected chi connectivity index (χ3v) is 9.70. The maximum absolute atomic E-state index is 13.9. The SMILES string of the molecule is C=CCOc1ccc(C2/C(=C(\O)c3nc4c(C)cccn4c3C)C(=O)C(=O)N2c2nnc(SCc3ccc(F)cc3)s2)cc1OCC. The first kappa shape index (κ1) is 32.0. The number of hydrogen-bond donors (Lipinski definition) is 1. The molecule has 0 radical (unpaired) electrons. The molecule has 13 heteroatoms. The van der Waals surface area contributed by atoms with Crippen LogP contribution in [0.15, 0.2) is 83.4 Å². The van der Waals surface area contributed by atoms with Crippen LogP contribution in [0.4, 0.5) is 9.52 Å². The van der Waals surface area contributed by atoms with Crippen molar-refractivity contribution in [2.75, 3.05) is 18.1 Å². The summed E-state index contributed by atoms with van der Waals surface area (Å²) < 4.78 is 27.4. The van der Waals surface area contributed by atoms with Crippen molar-refractivity contribution in [1.29, 1.82) is 0 Å². The summed E-state index contributed by atoms with van der Waals surface area (Å²) in [5.41, 5.74) is 3.50. The van der Waals surface area contributed by atoms with Gasteiger partial charge < -0.3 is 19.0 Å². The molecular formula is C34H30FN5O5S2.